The van der Waals surface area contributed by atoms with Gasteiger partial charge >= 0.3 is 0 Å². The van der Waals surface area contributed by atoms with E-state index in [2.05, 4.69) is 0 Å². The molecule has 0 radical (unpaired) electrons. The summed E-state index contributed by atoms with van der Waals surface area (Å²) >= 11 is 0. The van der Waals surface area contributed by atoms with Gasteiger partial charge in [-0.15, -0.1) is 0 Å². The minimum atomic E-state index is -0.712. The zero-order valence-corrected chi connectivity index (χ0v) is 13.0. The molecule has 3 nitrogen and oxygen atoms in total. The first-order chi connectivity index (χ1) is 10.1. The summed E-state index contributed by atoms with van der Waals surface area (Å²) in [7, 11) is 3.30. The monoisotopic (exact) mass is 286 g/mol. The largest absolute Gasteiger partial charge is 0.496 e. The van der Waals surface area contributed by atoms with Crippen LogP contribution in [-0.4, -0.2) is 19.3 Å². The van der Waals surface area contributed by atoms with Crippen LogP contribution < -0.4 is 4.74 Å². The molecule has 0 aromatic heterocycles. The van der Waals surface area contributed by atoms with Gasteiger partial charge in [0.15, 0.2) is 0 Å². The topological polar surface area (TPSA) is 38.7 Å². The molecule has 0 saturated heterocycles. The van der Waals surface area contributed by atoms with Crippen molar-refractivity contribution >= 4 is 0 Å². The summed E-state index contributed by atoms with van der Waals surface area (Å²) in [6.45, 7) is 4.57. The lowest BCUT2D eigenvalue weighted by Crippen LogP contribution is -2.05. The second-order valence-corrected chi connectivity index (χ2v) is 5.21. The number of aliphatic hydroxyl groups excluding tert-OH is 1. The average molecular weight is 286 g/mol. The zero-order chi connectivity index (χ0) is 15.4. The molecule has 1 atom stereocenters. The maximum absolute atomic E-state index is 10.7. The van der Waals surface area contributed by atoms with Crippen LogP contribution in [-0.2, 0) is 11.3 Å². The molecular formula is C18H22O3. The van der Waals surface area contributed by atoms with Crippen LogP contribution in [0.25, 0.3) is 0 Å². The van der Waals surface area contributed by atoms with E-state index in [1.807, 2.05) is 50.2 Å². The summed E-state index contributed by atoms with van der Waals surface area (Å²) in [5.41, 5.74) is 4.87. The Hall–Kier alpha value is -1.84. The number of ether oxygens (including phenoxy) is 2. The van der Waals surface area contributed by atoms with Crippen LogP contribution in [0.2, 0.25) is 0 Å². The van der Waals surface area contributed by atoms with E-state index >= 15 is 0 Å². The van der Waals surface area contributed by atoms with Gasteiger partial charge in [0.25, 0.3) is 0 Å². The third-order valence-corrected chi connectivity index (χ3v) is 3.78. The summed E-state index contributed by atoms with van der Waals surface area (Å²) in [6, 6.07) is 11.7. The molecule has 2 aromatic rings. The third-order valence-electron chi connectivity index (χ3n) is 3.78. The van der Waals surface area contributed by atoms with Crippen LogP contribution in [0.5, 0.6) is 5.75 Å². The maximum Gasteiger partial charge on any atom is 0.128 e. The number of methoxy groups -OCH3 is 2. The van der Waals surface area contributed by atoms with Crippen LogP contribution in [0.15, 0.2) is 36.4 Å². The van der Waals surface area contributed by atoms with Gasteiger partial charge in [-0.1, -0.05) is 36.4 Å². The van der Waals surface area contributed by atoms with Crippen LogP contribution in [0.1, 0.15) is 33.9 Å². The number of hydrogen-bond donors (Lipinski definition) is 1. The van der Waals surface area contributed by atoms with Gasteiger partial charge in [-0.25, -0.2) is 0 Å². The van der Waals surface area contributed by atoms with Gasteiger partial charge in [0.2, 0.25) is 0 Å². The Balaban J connectivity index is 2.42. The number of hydrogen-bond acceptors (Lipinski definition) is 3. The fourth-order valence-electron chi connectivity index (χ4n) is 2.50. The molecule has 2 aromatic carbocycles. The van der Waals surface area contributed by atoms with Gasteiger partial charge < -0.3 is 14.6 Å². The molecule has 0 aliphatic heterocycles. The second-order valence-electron chi connectivity index (χ2n) is 5.21. The maximum atomic E-state index is 10.7. The van der Waals surface area contributed by atoms with E-state index in [4.69, 9.17) is 9.47 Å². The van der Waals surface area contributed by atoms with Crippen molar-refractivity contribution in [2.75, 3.05) is 14.2 Å². The summed E-state index contributed by atoms with van der Waals surface area (Å²) in [5.74, 6) is 0.750. The Morgan fingerprint density at radius 3 is 2.52 bits per heavy atom. The summed E-state index contributed by atoms with van der Waals surface area (Å²) in [6.07, 6.45) is -0.712. The van der Waals surface area contributed by atoms with E-state index in [-0.39, 0.29) is 0 Å². The molecule has 1 unspecified atom stereocenters. The highest BCUT2D eigenvalue weighted by Gasteiger charge is 2.18. The van der Waals surface area contributed by atoms with Crippen molar-refractivity contribution in [3.63, 3.8) is 0 Å². The van der Waals surface area contributed by atoms with Crippen LogP contribution in [0.3, 0.4) is 0 Å². The number of rotatable bonds is 5. The molecule has 2 rings (SSSR count). The van der Waals surface area contributed by atoms with E-state index in [1.54, 1.807) is 14.2 Å². The van der Waals surface area contributed by atoms with E-state index in [9.17, 15) is 5.11 Å². The number of aryl methyl sites for hydroxylation is 1. The van der Waals surface area contributed by atoms with Crippen molar-refractivity contribution < 1.29 is 14.6 Å². The fraction of sp³-hybridized carbons (Fsp3) is 0.333. The van der Waals surface area contributed by atoms with Crippen molar-refractivity contribution in [2.24, 2.45) is 0 Å². The molecule has 1 N–H and O–H groups in total. The number of benzene rings is 2. The molecular weight excluding hydrogens is 264 g/mol. The molecule has 0 aliphatic carbocycles. The zero-order valence-electron chi connectivity index (χ0n) is 13.0. The first-order valence-electron chi connectivity index (χ1n) is 6.98. The molecule has 0 spiro atoms. The molecule has 0 fully saturated rings. The van der Waals surface area contributed by atoms with Crippen molar-refractivity contribution in [1.29, 1.82) is 0 Å². The lowest BCUT2D eigenvalue weighted by molar-refractivity contribution is 0.184. The van der Waals surface area contributed by atoms with E-state index in [0.29, 0.717) is 6.61 Å². The molecule has 0 aliphatic rings. The first-order valence-corrected chi connectivity index (χ1v) is 6.98. The summed E-state index contributed by atoms with van der Waals surface area (Å²) < 4.78 is 10.6. The van der Waals surface area contributed by atoms with Crippen LogP contribution in [0, 0.1) is 13.8 Å². The lowest BCUT2D eigenvalue weighted by atomic mass is 9.95. The highest BCUT2D eigenvalue weighted by atomic mass is 16.5. The Morgan fingerprint density at radius 1 is 1.10 bits per heavy atom. The summed E-state index contributed by atoms with van der Waals surface area (Å²) in [5, 5.41) is 10.7. The highest BCUT2D eigenvalue weighted by Crippen LogP contribution is 2.34. The normalized spacial score (nSPS) is 12.2. The Bertz CT molecular complexity index is 620. The lowest BCUT2D eigenvalue weighted by Gasteiger charge is -2.18. The van der Waals surface area contributed by atoms with Gasteiger partial charge in [0.05, 0.1) is 13.7 Å². The Kier molecular flexibility index (Phi) is 4.99. The molecule has 0 saturated carbocycles. The molecule has 0 amide bonds. The minimum Gasteiger partial charge on any atom is -0.496 e. The van der Waals surface area contributed by atoms with Crippen LogP contribution in [0.4, 0.5) is 0 Å². The molecule has 0 bridgehead atoms. The highest BCUT2D eigenvalue weighted by molar-refractivity contribution is 5.49. The SMILES string of the molecule is COCc1cccc(C(O)c2ccc(C)c(C)c2OC)c1. The van der Waals surface area contributed by atoms with Crippen molar-refractivity contribution in [3.05, 3.63) is 64.2 Å². The first kappa shape index (κ1) is 15.5. The van der Waals surface area contributed by atoms with Crippen molar-refractivity contribution in [2.45, 2.75) is 26.6 Å². The van der Waals surface area contributed by atoms with Gasteiger partial charge in [-0.05, 0) is 36.1 Å². The third kappa shape index (κ3) is 3.26. The second kappa shape index (κ2) is 6.74. The van der Waals surface area contributed by atoms with Gasteiger partial charge in [-0.2, -0.15) is 0 Å². The van der Waals surface area contributed by atoms with Gasteiger partial charge in [-0.3, -0.25) is 0 Å². The van der Waals surface area contributed by atoms with E-state index in [1.165, 1.54) is 0 Å². The van der Waals surface area contributed by atoms with E-state index in [0.717, 1.165) is 33.6 Å². The molecule has 21 heavy (non-hydrogen) atoms. The predicted octanol–water partition coefficient (Wildman–Crippen LogP) is 3.54. The average Bonchev–Trinajstić information content (AvgIpc) is 2.50. The Morgan fingerprint density at radius 2 is 1.86 bits per heavy atom. The van der Waals surface area contributed by atoms with Crippen molar-refractivity contribution in [3.8, 4) is 5.75 Å². The summed E-state index contributed by atoms with van der Waals surface area (Å²) in [4.78, 5) is 0. The molecule has 3 heteroatoms. The molecule has 112 valence electrons. The minimum absolute atomic E-state index is 0.532. The molecule has 0 heterocycles. The van der Waals surface area contributed by atoms with Crippen molar-refractivity contribution in [1.82, 2.24) is 0 Å². The number of aliphatic hydroxyl groups is 1. The van der Waals surface area contributed by atoms with E-state index < -0.39 is 6.10 Å². The smallest absolute Gasteiger partial charge is 0.128 e. The standard InChI is InChI=1S/C18H22O3/c1-12-8-9-16(18(21-4)13(12)2)17(19)15-7-5-6-14(10-15)11-20-3/h5-10,17,19H,11H2,1-4H3. The van der Waals surface area contributed by atoms with Gasteiger partial charge in [0.1, 0.15) is 11.9 Å². The Labute approximate surface area is 126 Å². The fourth-order valence-corrected chi connectivity index (χ4v) is 2.50. The predicted molar refractivity (Wildman–Crippen MR) is 83.7 cm³/mol. The quantitative estimate of drug-likeness (QED) is 0.913. The van der Waals surface area contributed by atoms with Crippen LogP contribution >= 0.6 is 0 Å². The van der Waals surface area contributed by atoms with Gasteiger partial charge in [0, 0.05) is 12.7 Å².